The van der Waals surface area contributed by atoms with E-state index in [9.17, 15) is 4.79 Å². The van der Waals surface area contributed by atoms with Crippen molar-refractivity contribution in [2.75, 3.05) is 6.54 Å². The number of piperidine rings is 1. The lowest BCUT2D eigenvalue weighted by atomic mass is 9.90. The molecule has 1 fully saturated rings. The molecule has 1 aromatic rings. The second kappa shape index (κ2) is 6.55. The Labute approximate surface area is 117 Å². The number of carbonyl (C=O) groups excluding carboxylic acids is 1. The van der Waals surface area contributed by atoms with Gasteiger partial charge in [0.15, 0.2) is 0 Å². The molecule has 0 spiro atoms. The third-order valence-corrected chi connectivity index (χ3v) is 4.70. The Morgan fingerprint density at radius 2 is 2.44 bits per heavy atom. The van der Waals surface area contributed by atoms with Gasteiger partial charge >= 0.3 is 0 Å². The van der Waals surface area contributed by atoms with Crippen molar-refractivity contribution in [3.05, 3.63) is 21.3 Å². The molecule has 2 rings (SSSR count). The molecular weight excluding hydrogens is 268 g/mol. The fraction of sp³-hybridized carbons (Fsp3) is 0.615. The monoisotopic (exact) mass is 286 g/mol. The van der Waals surface area contributed by atoms with Crippen LogP contribution in [0.5, 0.6) is 0 Å². The Morgan fingerprint density at radius 3 is 3.11 bits per heavy atom. The molecule has 2 unspecified atom stereocenters. The number of thiophene rings is 1. The molecule has 0 radical (unpaired) electrons. The van der Waals surface area contributed by atoms with E-state index >= 15 is 0 Å². The number of hydrogen-bond acceptors (Lipinski definition) is 3. The van der Waals surface area contributed by atoms with Crippen LogP contribution in [-0.2, 0) is 11.3 Å². The number of halogens is 1. The predicted octanol–water partition coefficient (Wildman–Crippen LogP) is 2.80. The first-order valence-corrected chi connectivity index (χ1v) is 7.63. The Morgan fingerprint density at radius 1 is 1.61 bits per heavy atom. The third-order valence-electron chi connectivity index (χ3n) is 3.47. The van der Waals surface area contributed by atoms with E-state index in [-0.39, 0.29) is 11.9 Å². The quantitative estimate of drug-likeness (QED) is 0.894. The highest BCUT2D eigenvalue weighted by molar-refractivity contribution is 7.16. The molecule has 0 aliphatic carbocycles. The summed E-state index contributed by atoms with van der Waals surface area (Å²) in [6.07, 6.45) is 3.29. The SMILES string of the molecule is CCC1CCNC(C(=O)NCc2ccc(Cl)s2)C1. The van der Waals surface area contributed by atoms with Crippen molar-refractivity contribution in [3.8, 4) is 0 Å². The Hall–Kier alpha value is -0.580. The van der Waals surface area contributed by atoms with E-state index in [1.54, 1.807) is 0 Å². The minimum Gasteiger partial charge on any atom is -0.350 e. The highest BCUT2D eigenvalue weighted by Crippen LogP contribution is 2.22. The number of hydrogen-bond donors (Lipinski definition) is 2. The Balaban J connectivity index is 1.80. The van der Waals surface area contributed by atoms with Crippen molar-refractivity contribution in [3.63, 3.8) is 0 Å². The van der Waals surface area contributed by atoms with Crippen molar-refractivity contribution >= 4 is 28.8 Å². The van der Waals surface area contributed by atoms with Crippen LogP contribution in [0.4, 0.5) is 0 Å². The highest BCUT2D eigenvalue weighted by atomic mass is 35.5. The van der Waals surface area contributed by atoms with Crippen LogP contribution in [0.2, 0.25) is 4.34 Å². The average molecular weight is 287 g/mol. The largest absolute Gasteiger partial charge is 0.350 e. The van der Waals surface area contributed by atoms with Gasteiger partial charge in [-0.05, 0) is 37.4 Å². The maximum Gasteiger partial charge on any atom is 0.237 e. The molecule has 1 aliphatic rings. The van der Waals surface area contributed by atoms with Crippen LogP contribution in [0, 0.1) is 5.92 Å². The van der Waals surface area contributed by atoms with Gasteiger partial charge in [0.05, 0.1) is 16.9 Å². The lowest BCUT2D eigenvalue weighted by Crippen LogP contribution is -2.48. The minimum atomic E-state index is -0.0286. The first-order valence-electron chi connectivity index (χ1n) is 6.44. The second-order valence-electron chi connectivity index (χ2n) is 4.73. The summed E-state index contributed by atoms with van der Waals surface area (Å²) in [7, 11) is 0. The molecular formula is C13H19ClN2OS. The number of carbonyl (C=O) groups is 1. The molecule has 2 N–H and O–H groups in total. The fourth-order valence-electron chi connectivity index (χ4n) is 2.31. The maximum atomic E-state index is 12.0. The van der Waals surface area contributed by atoms with E-state index in [1.165, 1.54) is 17.8 Å². The summed E-state index contributed by atoms with van der Waals surface area (Å²) in [5, 5.41) is 6.27. The van der Waals surface area contributed by atoms with Crippen molar-refractivity contribution in [2.45, 2.75) is 38.8 Å². The van der Waals surface area contributed by atoms with Gasteiger partial charge in [0, 0.05) is 4.88 Å². The molecule has 1 aliphatic heterocycles. The van der Waals surface area contributed by atoms with Crippen LogP contribution in [0.3, 0.4) is 0 Å². The molecule has 0 saturated carbocycles. The minimum absolute atomic E-state index is 0.0286. The molecule has 1 amide bonds. The van der Waals surface area contributed by atoms with E-state index in [0.29, 0.717) is 12.5 Å². The summed E-state index contributed by atoms with van der Waals surface area (Å²) in [5.74, 6) is 0.788. The molecule has 18 heavy (non-hydrogen) atoms. The Kier molecular flexibility index (Phi) is 5.03. The van der Waals surface area contributed by atoms with E-state index in [2.05, 4.69) is 17.6 Å². The summed E-state index contributed by atoms with van der Waals surface area (Å²) >= 11 is 7.37. The van der Waals surface area contributed by atoms with Gasteiger partial charge in [0.25, 0.3) is 0 Å². The first-order chi connectivity index (χ1) is 8.69. The molecule has 1 saturated heterocycles. The molecule has 2 atom stereocenters. The zero-order chi connectivity index (χ0) is 13.0. The standard InChI is InChI=1S/C13H19ClN2OS/c1-2-9-5-6-15-11(7-9)13(17)16-8-10-3-4-12(14)18-10/h3-4,9,11,15H,2,5-8H2,1H3,(H,16,17). The highest BCUT2D eigenvalue weighted by Gasteiger charge is 2.25. The van der Waals surface area contributed by atoms with Crippen molar-refractivity contribution in [1.29, 1.82) is 0 Å². The van der Waals surface area contributed by atoms with Crippen molar-refractivity contribution in [2.24, 2.45) is 5.92 Å². The smallest absolute Gasteiger partial charge is 0.237 e. The zero-order valence-corrected chi connectivity index (χ0v) is 12.1. The average Bonchev–Trinajstić information content (AvgIpc) is 2.82. The van der Waals surface area contributed by atoms with Crippen molar-refractivity contribution in [1.82, 2.24) is 10.6 Å². The van der Waals surface area contributed by atoms with Crippen LogP contribution < -0.4 is 10.6 Å². The summed E-state index contributed by atoms with van der Waals surface area (Å²) in [6.45, 7) is 3.71. The van der Waals surface area contributed by atoms with Gasteiger partial charge < -0.3 is 10.6 Å². The molecule has 0 aromatic carbocycles. The normalized spacial score (nSPS) is 23.9. The molecule has 0 bridgehead atoms. The zero-order valence-electron chi connectivity index (χ0n) is 10.5. The predicted molar refractivity (Wildman–Crippen MR) is 76.0 cm³/mol. The van der Waals surface area contributed by atoms with E-state index in [4.69, 9.17) is 11.6 Å². The van der Waals surface area contributed by atoms with Crippen LogP contribution in [0.1, 0.15) is 31.1 Å². The van der Waals surface area contributed by atoms with Gasteiger partial charge in [-0.1, -0.05) is 24.9 Å². The summed E-state index contributed by atoms with van der Waals surface area (Å²) in [4.78, 5) is 13.1. The first kappa shape index (κ1) is 13.8. The maximum absolute atomic E-state index is 12.0. The topological polar surface area (TPSA) is 41.1 Å². The molecule has 5 heteroatoms. The van der Waals surface area contributed by atoms with Gasteiger partial charge in [-0.25, -0.2) is 0 Å². The Bertz CT molecular complexity index is 407. The van der Waals surface area contributed by atoms with Crippen LogP contribution in [-0.4, -0.2) is 18.5 Å². The van der Waals surface area contributed by atoms with E-state index in [0.717, 1.165) is 28.6 Å². The van der Waals surface area contributed by atoms with Crippen LogP contribution >= 0.6 is 22.9 Å². The van der Waals surface area contributed by atoms with Gasteiger partial charge in [-0.15, -0.1) is 11.3 Å². The van der Waals surface area contributed by atoms with Crippen LogP contribution in [0.15, 0.2) is 12.1 Å². The summed E-state index contributed by atoms with van der Waals surface area (Å²) in [5.41, 5.74) is 0. The molecule has 3 nitrogen and oxygen atoms in total. The van der Waals surface area contributed by atoms with E-state index < -0.39 is 0 Å². The van der Waals surface area contributed by atoms with Gasteiger partial charge in [-0.3, -0.25) is 4.79 Å². The van der Waals surface area contributed by atoms with E-state index in [1.807, 2.05) is 12.1 Å². The van der Waals surface area contributed by atoms with Gasteiger partial charge in [0.2, 0.25) is 5.91 Å². The second-order valence-corrected chi connectivity index (χ2v) is 6.53. The van der Waals surface area contributed by atoms with Crippen LogP contribution in [0.25, 0.3) is 0 Å². The molecule has 1 aromatic heterocycles. The lowest BCUT2D eigenvalue weighted by molar-refractivity contribution is -0.124. The number of rotatable bonds is 4. The fourth-order valence-corrected chi connectivity index (χ4v) is 3.34. The van der Waals surface area contributed by atoms with Crippen molar-refractivity contribution < 1.29 is 4.79 Å². The summed E-state index contributed by atoms with van der Waals surface area (Å²) < 4.78 is 0.765. The summed E-state index contributed by atoms with van der Waals surface area (Å²) in [6, 6.07) is 3.79. The van der Waals surface area contributed by atoms with Gasteiger partial charge in [0.1, 0.15) is 0 Å². The lowest BCUT2D eigenvalue weighted by Gasteiger charge is -2.28. The number of amides is 1. The number of nitrogens with one attached hydrogen (secondary N) is 2. The molecule has 2 heterocycles. The molecule has 100 valence electrons. The third kappa shape index (κ3) is 3.70. The van der Waals surface area contributed by atoms with Gasteiger partial charge in [-0.2, -0.15) is 0 Å².